The van der Waals surface area contributed by atoms with E-state index in [-0.39, 0.29) is 25.3 Å². The van der Waals surface area contributed by atoms with E-state index in [2.05, 4.69) is 26.1 Å². The van der Waals surface area contributed by atoms with Crippen LogP contribution in [-0.4, -0.2) is 95.7 Å². The number of hydrogen-bond acceptors (Lipinski definition) is 13. The van der Waals surface area contributed by atoms with Crippen molar-refractivity contribution in [2.45, 2.75) is 93.8 Å². The smallest absolute Gasteiger partial charge is 0.259 e. The molecule has 2 aromatic carbocycles. The van der Waals surface area contributed by atoms with E-state index in [9.17, 15) is 31.6 Å². The molecule has 4 heterocycles. The number of thioether (sulfide) groups is 1. The Bertz CT molecular complexity index is 2570. The maximum absolute atomic E-state index is 15.0. The number of likely N-dealkylation sites (tertiary alicyclic amines) is 1. The van der Waals surface area contributed by atoms with E-state index in [0.717, 1.165) is 5.56 Å². The Morgan fingerprint density at radius 2 is 1.81 bits per heavy atom. The fraction of sp³-hybridized carbons (Fsp3) is 0.452. The molecule has 3 amide bonds. The number of nitrogens with zero attached hydrogens (tertiary/aromatic N) is 3. The number of sulfonamides is 1. The Balaban J connectivity index is 1.05. The number of ether oxygens (including phenoxy) is 2. The monoisotopic (exact) mass is 947 g/mol. The molecule has 8 rings (SSSR count). The van der Waals surface area contributed by atoms with E-state index in [1.165, 1.54) is 30.0 Å². The van der Waals surface area contributed by atoms with Crippen molar-refractivity contribution in [3.05, 3.63) is 75.9 Å². The molecule has 15 nitrogen and oxygen atoms in total. The van der Waals surface area contributed by atoms with Gasteiger partial charge in [0.05, 0.1) is 36.8 Å². The molecule has 2 aromatic heterocycles. The number of amides is 3. The van der Waals surface area contributed by atoms with E-state index >= 15 is 0 Å². The topological polar surface area (TPSA) is 194 Å². The molecule has 63 heavy (non-hydrogen) atoms. The number of pyridine rings is 1. The van der Waals surface area contributed by atoms with Gasteiger partial charge in [-0.15, -0.1) is 0 Å². The molecule has 3 fully saturated rings. The maximum atomic E-state index is 15.0. The van der Waals surface area contributed by atoms with Gasteiger partial charge in [0, 0.05) is 50.7 Å². The first-order valence-electron chi connectivity index (χ1n) is 20.2. The second-order valence-corrected chi connectivity index (χ2v) is 21.0. The first kappa shape index (κ1) is 44.9. The second-order valence-electron chi connectivity index (χ2n) is 17.2. The van der Waals surface area contributed by atoms with Crippen LogP contribution < -0.4 is 30.1 Å². The molecular weight excluding hydrogens is 904 g/mol. The molecule has 4 aliphatic rings. The Kier molecular flexibility index (Phi) is 12.4. The van der Waals surface area contributed by atoms with Crippen LogP contribution >= 0.6 is 35.0 Å². The van der Waals surface area contributed by atoms with Gasteiger partial charge in [-0.2, -0.15) is 0 Å². The molecule has 0 radical (unpaired) electrons. The molecule has 6 atom stereocenters. The van der Waals surface area contributed by atoms with Crippen LogP contribution in [0, 0.1) is 11.3 Å². The number of nitrogens with one attached hydrogen (secondary N) is 4. The summed E-state index contributed by atoms with van der Waals surface area (Å²) in [5.74, 6) is -2.36. The summed E-state index contributed by atoms with van der Waals surface area (Å²) in [5, 5.41) is 16.8. The summed E-state index contributed by atoms with van der Waals surface area (Å²) in [5.41, 5.74) is -1.21. The van der Waals surface area contributed by atoms with Crippen LogP contribution in [0.15, 0.2) is 64.7 Å². The van der Waals surface area contributed by atoms with Crippen molar-refractivity contribution in [1.82, 2.24) is 35.7 Å². The summed E-state index contributed by atoms with van der Waals surface area (Å²) >= 11 is 13.8. The van der Waals surface area contributed by atoms with Crippen molar-refractivity contribution >= 4 is 79.2 Å². The van der Waals surface area contributed by atoms with Crippen LogP contribution in [0.3, 0.4) is 0 Å². The predicted octanol–water partition coefficient (Wildman–Crippen LogP) is 6.31. The average molecular weight is 949 g/mol. The lowest BCUT2D eigenvalue weighted by molar-refractivity contribution is -0.143. The van der Waals surface area contributed by atoms with E-state index in [1.807, 2.05) is 43.0 Å². The SMILES string of the molecule is COc1cnc(O[C@@H]2C[C@@H](C(=O)N[C@]3(C(=O)NS(=O)(=O)C4CC4)C[C@H]3CC(F)F)N(C(=O)[C@@H](NC3NC(c4cc(-c5ccc(Cl)cc5)no4)=CS3)C(C)(C)C)C2)c2cc(Cl)ccc12. The molecule has 2 aliphatic heterocycles. The molecular formula is C42H45Cl2F2N7O8S2. The maximum Gasteiger partial charge on any atom is 0.259 e. The van der Waals surface area contributed by atoms with Gasteiger partial charge in [-0.1, -0.05) is 73.0 Å². The van der Waals surface area contributed by atoms with Gasteiger partial charge >= 0.3 is 0 Å². The van der Waals surface area contributed by atoms with Gasteiger partial charge in [-0.25, -0.2) is 22.2 Å². The average Bonchev–Trinajstić information content (AvgIpc) is 3.99. The number of methoxy groups -OCH3 is 1. The lowest BCUT2D eigenvalue weighted by atomic mass is 9.85. The van der Waals surface area contributed by atoms with Crippen molar-refractivity contribution < 1.29 is 45.6 Å². The molecule has 1 saturated heterocycles. The molecule has 1 unspecified atom stereocenters. The number of alkyl halides is 2. The van der Waals surface area contributed by atoms with E-state index in [0.29, 0.717) is 56.6 Å². The third-order valence-corrected chi connectivity index (χ3v) is 14.8. The first-order chi connectivity index (χ1) is 29.8. The summed E-state index contributed by atoms with van der Waals surface area (Å²) < 4.78 is 72.8. The minimum Gasteiger partial charge on any atom is -0.494 e. The number of halogens is 4. The molecule has 0 bridgehead atoms. The van der Waals surface area contributed by atoms with Gasteiger partial charge in [0.1, 0.15) is 34.6 Å². The minimum absolute atomic E-state index is 0.0919. The largest absolute Gasteiger partial charge is 0.494 e. The minimum atomic E-state index is -4.09. The van der Waals surface area contributed by atoms with E-state index in [4.69, 9.17) is 37.2 Å². The zero-order chi connectivity index (χ0) is 45.0. The molecule has 4 N–H and O–H groups in total. The number of hydrogen-bond donors (Lipinski definition) is 4. The number of aromatic nitrogens is 2. The summed E-state index contributed by atoms with van der Waals surface area (Å²) in [6.07, 6.45) is -2.52. The molecule has 0 spiro atoms. The van der Waals surface area contributed by atoms with Crippen LogP contribution in [0.1, 0.15) is 58.6 Å². The lowest BCUT2D eigenvalue weighted by Crippen LogP contribution is -2.61. The normalized spacial score (nSPS) is 23.9. The van der Waals surface area contributed by atoms with Gasteiger partial charge in [-0.3, -0.25) is 24.4 Å². The van der Waals surface area contributed by atoms with Crippen LogP contribution in [0.4, 0.5) is 8.78 Å². The first-order valence-corrected chi connectivity index (χ1v) is 23.5. The van der Waals surface area contributed by atoms with E-state index in [1.54, 1.807) is 36.4 Å². The summed E-state index contributed by atoms with van der Waals surface area (Å²) in [7, 11) is -2.59. The molecule has 4 aromatic rings. The third kappa shape index (κ3) is 9.58. The van der Waals surface area contributed by atoms with Gasteiger partial charge in [-0.05, 0) is 60.9 Å². The standard InChI is InChI=1S/C42H45Cl2F2N7O8S2/c1-41(2,3)35(49-40-48-30(20-62-40)32-16-29(51-61-32)21-5-7-23(43)8-6-21)38(55)53-19-25(60-37-28-14-24(44)9-12-27(28)33(59-4)18-47-37)15-31(53)36(54)50-42(17-22(42)13-34(45)46)39(56)52-63(57,58)26-10-11-26/h5-9,12,14,16,18,20,22,25-26,31,34-35,40,48-49H,10-11,13,15,17,19H2,1-4H3,(H,50,54)(H,52,56)/t22-,25-,31+,35-,40?,42-/m1/s1. The van der Waals surface area contributed by atoms with Gasteiger partial charge in [0.25, 0.3) is 5.91 Å². The number of carbonyl (C=O) groups excluding carboxylic acids is 3. The second kappa shape index (κ2) is 17.4. The van der Waals surface area contributed by atoms with Crippen LogP contribution in [-0.2, 0) is 24.4 Å². The highest BCUT2D eigenvalue weighted by Gasteiger charge is 2.63. The van der Waals surface area contributed by atoms with Crippen molar-refractivity contribution in [1.29, 1.82) is 0 Å². The van der Waals surface area contributed by atoms with Crippen LogP contribution in [0.5, 0.6) is 11.6 Å². The van der Waals surface area contributed by atoms with E-state index < -0.39 is 86.4 Å². The zero-order valence-electron chi connectivity index (χ0n) is 34.5. The quantitative estimate of drug-likeness (QED) is 0.104. The van der Waals surface area contributed by atoms with Gasteiger partial charge < -0.3 is 29.5 Å². The summed E-state index contributed by atoms with van der Waals surface area (Å²) in [6, 6.07) is 11.8. The van der Waals surface area contributed by atoms with Crippen LogP contribution in [0.25, 0.3) is 27.7 Å². The highest BCUT2D eigenvalue weighted by Crippen LogP contribution is 2.48. The highest BCUT2D eigenvalue weighted by atomic mass is 35.5. The van der Waals surface area contributed by atoms with Crippen molar-refractivity contribution in [3.8, 4) is 22.9 Å². The van der Waals surface area contributed by atoms with Gasteiger partial charge in [0.15, 0.2) is 5.76 Å². The number of benzene rings is 2. The number of rotatable bonds is 15. The molecule has 21 heteroatoms. The fourth-order valence-electron chi connectivity index (χ4n) is 7.98. The highest BCUT2D eigenvalue weighted by molar-refractivity contribution is 8.03. The Morgan fingerprint density at radius 3 is 2.49 bits per heavy atom. The molecule has 336 valence electrons. The third-order valence-electron chi connectivity index (χ3n) is 11.6. The Morgan fingerprint density at radius 1 is 1.08 bits per heavy atom. The van der Waals surface area contributed by atoms with Crippen LogP contribution in [0.2, 0.25) is 10.0 Å². The molecule has 2 aliphatic carbocycles. The predicted molar refractivity (Wildman–Crippen MR) is 233 cm³/mol. The van der Waals surface area contributed by atoms with Gasteiger partial charge in [0.2, 0.25) is 34.1 Å². The lowest BCUT2D eigenvalue weighted by Gasteiger charge is -2.37. The van der Waals surface area contributed by atoms with Crippen molar-refractivity contribution in [2.24, 2.45) is 11.3 Å². The van der Waals surface area contributed by atoms with Crippen molar-refractivity contribution in [2.75, 3.05) is 13.7 Å². The molecule has 2 saturated carbocycles. The van der Waals surface area contributed by atoms with Crippen molar-refractivity contribution in [3.63, 3.8) is 0 Å². The zero-order valence-corrected chi connectivity index (χ0v) is 37.6. The number of carbonyl (C=O) groups is 3. The fourth-order valence-corrected chi connectivity index (χ4v) is 10.5. The summed E-state index contributed by atoms with van der Waals surface area (Å²) in [4.78, 5) is 49.0. The summed E-state index contributed by atoms with van der Waals surface area (Å²) in [6.45, 7) is 5.47. The Hall–Kier alpha value is -4.69. The number of fused-ring (bicyclic) bond motifs is 1. The Labute approximate surface area is 376 Å².